The number of fused-ring (bicyclic) bond motifs is 1. The zero-order valence-electron chi connectivity index (χ0n) is 13.4. The molecule has 2 N–H and O–H groups in total. The van der Waals surface area contributed by atoms with E-state index < -0.39 is 0 Å². The number of ether oxygens (including phenoxy) is 2. The molecule has 2 aromatic carbocycles. The lowest BCUT2D eigenvalue weighted by molar-refractivity contribution is 0.0949. The summed E-state index contributed by atoms with van der Waals surface area (Å²) in [6.45, 7) is 2.67. The molecule has 1 amide bonds. The summed E-state index contributed by atoms with van der Waals surface area (Å²) >= 11 is 0. The average Bonchev–Trinajstić information content (AvgIpc) is 3.30. The molecule has 0 spiro atoms. The summed E-state index contributed by atoms with van der Waals surface area (Å²) in [5.41, 5.74) is 2.89. The molecule has 2 aliphatic heterocycles. The fourth-order valence-corrected chi connectivity index (χ4v) is 3.31. The molecule has 0 bridgehead atoms. The maximum absolute atomic E-state index is 12.6. The van der Waals surface area contributed by atoms with Gasteiger partial charge in [0, 0.05) is 18.7 Å². The Labute approximate surface area is 141 Å². The Bertz CT molecular complexity index is 754. The number of hydrogen-bond acceptors (Lipinski definition) is 4. The van der Waals surface area contributed by atoms with Crippen LogP contribution in [0.3, 0.4) is 0 Å². The first-order valence-electron chi connectivity index (χ1n) is 8.27. The smallest absolute Gasteiger partial charge is 0.251 e. The van der Waals surface area contributed by atoms with Crippen LogP contribution in [-0.4, -0.2) is 25.8 Å². The molecule has 24 heavy (non-hydrogen) atoms. The van der Waals surface area contributed by atoms with E-state index in [9.17, 15) is 4.79 Å². The van der Waals surface area contributed by atoms with Crippen molar-refractivity contribution in [2.24, 2.45) is 0 Å². The molecule has 1 atom stereocenters. The molecule has 0 unspecified atom stereocenters. The summed E-state index contributed by atoms with van der Waals surface area (Å²) in [7, 11) is 0. The lowest BCUT2D eigenvalue weighted by Crippen LogP contribution is -2.24. The molecule has 2 aliphatic rings. The first-order valence-corrected chi connectivity index (χ1v) is 8.27. The second kappa shape index (κ2) is 6.53. The fraction of sp³-hybridized carbons (Fsp3) is 0.316. The highest BCUT2D eigenvalue weighted by Crippen LogP contribution is 2.32. The molecular weight excluding hydrogens is 304 g/mol. The third kappa shape index (κ3) is 2.95. The van der Waals surface area contributed by atoms with Gasteiger partial charge >= 0.3 is 0 Å². The van der Waals surface area contributed by atoms with Gasteiger partial charge in [-0.1, -0.05) is 24.3 Å². The molecule has 2 aromatic rings. The molecule has 0 saturated carbocycles. The Morgan fingerprint density at radius 3 is 2.92 bits per heavy atom. The molecule has 1 fully saturated rings. The third-order valence-electron chi connectivity index (χ3n) is 4.60. The number of carbonyl (C=O) groups is 1. The quantitative estimate of drug-likeness (QED) is 0.907. The van der Waals surface area contributed by atoms with E-state index in [1.54, 1.807) is 0 Å². The van der Waals surface area contributed by atoms with E-state index in [4.69, 9.17) is 9.47 Å². The maximum Gasteiger partial charge on any atom is 0.251 e. The summed E-state index contributed by atoms with van der Waals surface area (Å²) in [5.74, 6) is 1.87. The predicted octanol–water partition coefficient (Wildman–Crippen LogP) is 2.42. The number of nitrogens with one attached hydrogen (secondary N) is 2. The first kappa shape index (κ1) is 15.0. The topological polar surface area (TPSA) is 59.6 Å². The van der Waals surface area contributed by atoms with Crippen LogP contribution in [0.5, 0.6) is 11.5 Å². The van der Waals surface area contributed by atoms with E-state index in [2.05, 4.69) is 16.7 Å². The van der Waals surface area contributed by atoms with E-state index in [0.29, 0.717) is 12.5 Å². The standard InChI is InChI=1S/C19H20N2O3/c22-19(16-4-2-1-3-15(16)14-7-8-20-11-14)21-10-13-5-6-17-18(9-13)24-12-23-17/h1-6,9,14,20H,7-8,10-12H2,(H,21,22)/t14-/m1/s1. The summed E-state index contributed by atoms with van der Waals surface area (Å²) < 4.78 is 10.7. The van der Waals surface area contributed by atoms with E-state index in [0.717, 1.165) is 47.7 Å². The minimum absolute atomic E-state index is 0.0323. The van der Waals surface area contributed by atoms with Crippen molar-refractivity contribution >= 4 is 5.91 Å². The summed E-state index contributed by atoms with van der Waals surface area (Å²) in [4.78, 5) is 12.6. The second-order valence-corrected chi connectivity index (χ2v) is 6.15. The van der Waals surface area contributed by atoms with Crippen LogP contribution in [0.25, 0.3) is 0 Å². The fourth-order valence-electron chi connectivity index (χ4n) is 3.31. The van der Waals surface area contributed by atoms with Gasteiger partial charge in [0.05, 0.1) is 0 Å². The minimum atomic E-state index is -0.0323. The Hall–Kier alpha value is -2.53. The number of benzene rings is 2. The van der Waals surface area contributed by atoms with Gasteiger partial charge in [0.2, 0.25) is 6.79 Å². The van der Waals surface area contributed by atoms with Crippen LogP contribution in [0.15, 0.2) is 42.5 Å². The van der Waals surface area contributed by atoms with Crippen molar-refractivity contribution in [1.29, 1.82) is 0 Å². The van der Waals surface area contributed by atoms with Crippen molar-refractivity contribution in [1.82, 2.24) is 10.6 Å². The van der Waals surface area contributed by atoms with Gasteiger partial charge in [-0.25, -0.2) is 0 Å². The molecule has 5 nitrogen and oxygen atoms in total. The van der Waals surface area contributed by atoms with Crippen LogP contribution in [0.4, 0.5) is 0 Å². The highest BCUT2D eigenvalue weighted by atomic mass is 16.7. The van der Waals surface area contributed by atoms with Crippen molar-refractivity contribution in [3.05, 3.63) is 59.2 Å². The van der Waals surface area contributed by atoms with Gasteiger partial charge in [-0.15, -0.1) is 0 Å². The molecule has 4 rings (SSSR count). The highest BCUT2D eigenvalue weighted by Gasteiger charge is 2.22. The van der Waals surface area contributed by atoms with Crippen LogP contribution >= 0.6 is 0 Å². The normalized spacial score (nSPS) is 18.6. The van der Waals surface area contributed by atoms with Crippen molar-refractivity contribution in [3.63, 3.8) is 0 Å². The Kier molecular flexibility index (Phi) is 4.09. The summed E-state index contributed by atoms with van der Waals surface area (Å²) in [5, 5.41) is 6.38. The van der Waals surface area contributed by atoms with Gasteiger partial charge in [0.1, 0.15) is 0 Å². The Morgan fingerprint density at radius 2 is 2.04 bits per heavy atom. The maximum atomic E-state index is 12.6. The van der Waals surface area contributed by atoms with Crippen molar-refractivity contribution in [3.8, 4) is 11.5 Å². The van der Waals surface area contributed by atoms with Gasteiger partial charge in [-0.05, 0) is 48.2 Å². The highest BCUT2D eigenvalue weighted by molar-refractivity contribution is 5.95. The van der Waals surface area contributed by atoms with E-state index in [-0.39, 0.29) is 12.7 Å². The number of carbonyl (C=O) groups excluding carboxylic acids is 1. The van der Waals surface area contributed by atoms with Gasteiger partial charge in [-0.2, -0.15) is 0 Å². The molecule has 2 heterocycles. The minimum Gasteiger partial charge on any atom is -0.454 e. The molecule has 0 radical (unpaired) electrons. The number of amides is 1. The van der Waals surface area contributed by atoms with Crippen LogP contribution in [0.2, 0.25) is 0 Å². The number of rotatable bonds is 4. The summed E-state index contributed by atoms with van der Waals surface area (Å²) in [6, 6.07) is 13.6. The predicted molar refractivity (Wildman–Crippen MR) is 90.4 cm³/mol. The lowest BCUT2D eigenvalue weighted by atomic mass is 9.93. The van der Waals surface area contributed by atoms with Crippen LogP contribution < -0.4 is 20.1 Å². The lowest BCUT2D eigenvalue weighted by Gasteiger charge is -2.14. The van der Waals surface area contributed by atoms with E-state index >= 15 is 0 Å². The van der Waals surface area contributed by atoms with Crippen LogP contribution in [0, 0.1) is 0 Å². The molecule has 1 saturated heterocycles. The number of hydrogen-bond donors (Lipinski definition) is 2. The van der Waals surface area contributed by atoms with Gasteiger partial charge in [0.25, 0.3) is 5.91 Å². The Morgan fingerprint density at radius 1 is 1.17 bits per heavy atom. The van der Waals surface area contributed by atoms with Crippen molar-refractivity contribution in [2.45, 2.75) is 18.9 Å². The van der Waals surface area contributed by atoms with E-state index in [1.165, 1.54) is 0 Å². The average molecular weight is 324 g/mol. The van der Waals surface area contributed by atoms with Crippen LogP contribution in [-0.2, 0) is 6.54 Å². The zero-order chi connectivity index (χ0) is 16.4. The van der Waals surface area contributed by atoms with Gasteiger partial charge in [-0.3, -0.25) is 4.79 Å². The Balaban J connectivity index is 1.47. The SMILES string of the molecule is O=C(NCc1ccc2c(c1)OCO2)c1ccccc1[C@@H]1CCNC1. The van der Waals surface area contributed by atoms with Gasteiger partial charge in [0.15, 0.2) is 11.5 Å². The molecule has 124 valence electrons. The monoisotopic (exact) mass is 324 g/mol. The van der Waals surface area contributed by atoms with Crippen molar-refractivity contribution < 1.29 is 14.3 Å². The first-order chi connectivity index (χ1) is 11.8. The molecule has 0 aliphatic carbocycles. The third-order valence-corrected chi connectivity index (χ3v) is 4.60. The van der Waals surface area contributed by atoms with Crippen LogP contribution in [0.1, 0.15) is 33.8 Å². The molecule has 5 heteroatoms. The molecular formula is C19H20N2O3. The van der Waals surface area contributed by atoms with Crippen molar-refractivity contribution in [2.75, 3.05) is 19.9 Å². The zero-order valence-corrected chi connectivity index (χ0v) is 13.4. The summed E-state index contributed by atoms with van der Waals surface area (Å²) in [6.07, 6.45) is 1.08. The molecule has 0 aromatic heterocycles. The second-order valence-electron chi connectivity index (χ2n) is 6.15. The van der Waals surface area contributed by atoms with E-state index in [1.807, 2.05) is 36.4 Å². The van der Waals surface area contributed by atoms with Gasteiger partial charge < -0.3 is 20.1 Å². The largest absolute Gasteiger partial charge is 0.454 e.